The molecule has 2 nitrogen and oxygen atoms in total. The molecule has 0 aromatic heterocycles. The number of hydrogen-bond acceptors (Lipinski definition) is 2. The van der Waals surface area contributed by atoms with Crippen molar-refractivity contribution in [1.82, 2.24) is 0 Å². The van der Waals surface area contributed by atoms with Gasteiger partial charge in [0.1, 0.15) is 23.5 Å². The molecule has 2 aromatic rings. The molecular formula is C16H13F2NO. The zero-order valence-electron chi connectivity index (χ0n) is 10.7. The van der Waals surface area contributed by atoms with Gasteiger partial charge < -0.3 is 4.74 Å². The summed E-state index contributed by atoms with van der Waals surface area (Å²) in [6, 6.07) is 13.8. The van der Waals surface area contributed by atoms with E-state index < -0.39 is 6.10 Å². The van der Waals surface area contributed by atoms with Gasteiger partial charge in [-0.25, -0.2) is 8.78 Å². The summed E-state index contributed by atoms with van der Waals surface area (Å²) < 4.78 is 31.2. The lowest BCUT2D eigenvalue weighted by atomic mass is 10.1. The molecule has 0 bridgehead atoms. The van der Waals surface area contributed by atoms with E-state index in [-0.39, 0.29) is 11.6 Å². The molecule has 0 aliphatic rings. The first-order valence-electron chi connectivity index (χ1n) is 6.23. The lowest BCUT2D eigenvalue weighted by molar-refractivity contribution is 0.245. The molecular weight excluding hydrogens is 260 g/mol. The fourth-order valence-electron chi connectivity index (χ4n) is 1.82. The maximum Gasteiger partial charge on any atom is 0.184 e. The van der Waals surface area contributed by atoms with E-state index in [4.69, 9.17) is 10.00 Å². The molecule has 0 saturated heterocycles. The molecule has 0 fully saturated rings. The number of aryl methyl sites for hydroxylation is 1. The van der Waals surface area contributed by atoms with E-state index in [2.05, 4.69) is 0 Å². The average Bonchev–Trinajstić information content (AvgIpc) is 2.45. The van der Waals surface area contributed by atoms with Crippen LogP contribution in [0.15, 0.2) is 48.5 Å². The molecule has 4 heteroatoms. The Bertz CT molecular complexity index is 605. The van der Waals surface area contributed by atoms with Crippen molar-refractivity contribution < 1.29 is 13.5 Å². The number of benzene rings is 2. The highest BCUT2D eigenvalue weighted by atomic mass is 19.1. The number of nitriles is 1. The first kappa shape index (κ1) is 14.0. The van der Waals surface area contributed by atoms with Gasteiger partial charge in [-0.15, -0.1) is 0 Å². The van der Waals surface area contributed by atoms with E-state index in [0.717, 1.165) is 5.56 Å². The number of hydrogen-bond donors (Lipinski definition) is 0. The van der Waals surface area contributed by atoms with Crippen LogP contribution >= 0.6 is 0 Å². The summed E-state index contributed by atoms with van der Waals surface area (Å²) in [5.74, 6) is -0.210. The van der Waals surface area contributed by atoms with Crippen LogP contribution in [0, 0.1) is 23.0 Å². The summed E-state index contributed by atoms with van der Waals surface area (Å²) in [5, 5.41) is 9.05. The molecule has 1 unspecified atom stereocenters. The molecule has 2 aromatic carbocycles. The molecule has 20 heavy (non-hydrogen) atoms. The SMILES string of the molecule is N#CC(CCc1cccc(F)c1)Oc1ccc(F)cc1. The molecule has 0 spiro atoms. The highest BCUT2D eigenvalue weighted by molar-refractivity contribution is 5.23. The quantitative estimate of drug-likeness (QED) is 0.828. The second-order valence-corrected chi connectivity index (χ2v) is 4.36. The van der Waals surface area contributed by atoms with Gasteiger partial charge in [0.2, 0.25) is 0 Å². The van der Waals surface area contributed by atoms with Gasteiger partial charge in [0, 0.05) is 6.42 Å². The normalized spacial score (nSPS) is 11.7. The molecule has 0 heterocycles. The van der Waals surface area contributed by atoms with Crippen molar-refractivity contribution in [3.8, 4) is 11.8 Å². The number of halogens is 2. The van der Waals surface area contributed by atoms with E-state index in [1.54, 1.807) is 12.1 Å². The van der Waals surface area contributed by atoms with Crippen LogP contribution in [0.3, 0.4) is 0 Å². The molecule has 0 N–H and O–H groups in total. The summed E-state index contributed by atoms with van der Waals surface area (Å²) in [5.41, 5.74) is 0.813. The topological polar surface area (TPSA) is 33.0 Å². The van der Waals surface area contributed by atoms with Crippen LogP contribution < -0.4 is 4.74 Å². The van der Waals surface area contributed by atoms with Crippen molar-refractivity contribution in [2.45, 2.75) is 18.9 Å². The Kier molecular flexibility index (Phi) is 4.67. The lowest BCUT2D eigenvalue weighted by Gasteiger charge is -2.12. The Labute approximate surface area is 116 Å². The Balaban J connectivity index is 1.93. The maximum atomic E-state index is 13.0. The fourth-order valence-corrected chi connectivity index (χ4v) is 1.82. The summed E-state index contributed by atoms with van der Waals surface area (Å²) in [4.78, 5) is 0. The molecule has 0 saturated carbocycles. The molecule has 2 rings (SSSR count). The number of rotatable bonds is 5. The van der Waals surface area contributed by atoms with Crippen molar-refractivity contribution in [1.29, 1.82) is 5.26 Å². The van der Waals surface area contributed by atoms with Crippen LogP contribution in [0.25, 0.3) is 0 Å². The summed E-state index contributed by atoms with van der Waals surface area (Å²) in [6.07, 6.45) is 0.331. The number of ether oxygens (including phenoxy) is 1. The minimum Gasteiger partial charge on any atom is -0.476 e. The van der Waals surface area contributed by atoms with Gasteiger partial charge in [0.05, 0.1) is 0 Å². The third-order valence-corrected chi connectivity index (χ3v) is 2.82. The predicted molar refractivity (Wildman–Crippen MR) is 71.2 cm³/mol. The third-order valence-electron chi connectivity index (χ3n) is 2.82. The summed E-state index contributed by atoms with van der Waals surface area (Å²) in [6.45, 7) is 0. The molecule has 1 atom stereocenters. The molecule has 0 aliphatic carbocycles. The van der Waals surface area contributed by atoms with Gasteiger partial charge in [-0.2, -0.15) is 5.26 Å². The van der Waals surface area contributed by atoms with Gasteiger partial charge in [-0.1, -0.05) is 12.1 Å². The second-order valence-electron chi connectivity index (χ2n) is 4.36. The van der Waals surface area contributed by atoms with Crippen LogP contribution in [0.1, 0.15) is 12.0 Å². The highest BCUT2D eigenvalue weighted by Crippen LogP contribution is 2.15. The molecule has 0 amide bonds. The Morgan fingerprint density at radius 2 is 1.80 bits per heavy atom. The average molecular weight is 273 g/mol. The van der Waals surface area contributed by atoms with Crippen molar-refractivity contribution in [2.24, 2.45) is 0 Å². The van der Waals surface area contributed by atoms with E-state index in [0.29, 0.717) is 18.6 Å². The lowest BCUT2D eigenvalue weighted by Crippen LogP contribution is -2.15. The van der Waals surface area contributed by atoms with Gasteiger partial charge in [-0.3, -0.25) is 0 Å². The third kappa shape index (κ3) is 4.06. The van der Waals surface area contributed by atoms with Crippen LogP contribution in [0.2, 0.25) is 0 Å². The van der Waals surface area contributed by atoms with E-state index in [9.17, 15) is 8.78 Å². The zero-order valence-corrected chi connectivity index (χ0v) is 10.7. The Morgan fingerprint density at radius 3 is 2.45 bits per heavy atom. The van der Waals surface area contributed by atoms with Crippen molar-refractivity contribution in [3.63, 3.8) is 0 Å². The smallest absolute Gasteiger partial charge is 0.184 e. The van der Waals surface area contributed by atoms with Crippen LogP contribution in [-0.2, 0) is 6.42 Å². The Morgan fingerprint density at radius 1 is 1.05 bits per heavy atom. The number of nitrogens with zero attached hydrogens (tertiary/aromatic N) is 1. The fraction of sp³-hybridized carbons (Fsp3) is 0.188. The van der Waals surface area contributed by atoms with Crippen molar-refractivity contribution in [3.05, 3.63) is 65.7 Å². The van der Waals surface area contributed by atoms with E-state index in [1.165, 1.54) is 36.4 Å². The molecule has 0 radical (unpaired) electrons. The minimum absolute atomic E-state index is 0.296. The highest BCUT2D eigenvalue weighted by Gasteiger charge is 2.10. The maximum absolute atomic E-state index is 13.0. The van der Waals surface area contributed by atoms with Gasteiger partial charge in [0.25, 0.3) is 0 Å². The minimum atomic E-state index is -0.649. The monoisotopic (exact) mass is 273 g/mol. The Hall–Kier alpha value is -2.41. The predicted octanol–water partition coefficient (Wildman–Crippen LogP) is 3.87. The first-order chi connectivity index (χ1) is 9.67. The van der Waals surface area contributed by atoms with Crippen molar-refractivity contribution >= 4 is 0 Å². The van der Waals surface area contributed by atoms with Gasteiger partial charge >= 0.3 is 0 Å². The largest absolute Gasteiger partial charge is 0.476 e. The standard InChI is InChI=1S/C16H13F2NO/c17-13-5-8-15(9-6-13)20-16(11-19)7-4-12-2-1-3-14(18)10-12/h1-3,5-6,8-10,16H,4,7H2. The van der Waals surface area contributed by atoms with Gasteiger partial charge in [-0.05, 0) is 48.4 Å². The summed E-state index contributed by atoms with van der Waals surface area (Å²) >= 11 is 0. The van der Waals surface area contributed by atoms with Crippen LogP contribution in [-0.4, -0.2) is 6.10 Å². The second kappa shape index (κ2) is 6.67. The molecule has 102 valence electrons. The van der Waals surface area contributed by atoms with Gasteiger partial charge in [0.15, 0.2) is 6.10 Å². The summed E-state index contributed by atoms with van der Waals surface area (Å²) in [7, 11) is 0. The zero-order chi connectivity index (χ0) is 14.4. The van der Waals surface area contributed by atoms with Crippen LogP contribution in [0.5, 0.6) is 5.75 Å². The van der Waals surface area contributed by atoms with Crippen molar-refractivity contribution in [2.75, 3.05) is 0 Å². The van der Waals surface area contributed by atoms with E-state index >= 15 is 0 Å². The molecule has 0 aliphatic heterocycles. The first-order valence-corrected chi connectivity index (χ1v) is 6.23. The van der Waals surface area contributed by atoms with Crippen LogP contribution in [0.4, 0.5) is 8.78 Å². The van der Waals surface area contributed by atoms with E-state index in [1.807, 2.05) is 6.07 Å².